The smallest absolute Gasteiger partial charge is 0.130 e. The molecule has 3 nitrogen and oxygen atoms in total. The predicted molar refractivity (Wildman–Crippen MR) is 76.6 cm³/mol. The van der Waals surface area contributed by atoms with Gasteiger partial charge in [-0.3, -0.25) is 0 Å². The van der Waals surface area contributed by atoms with Gasteiger partial charge in [0.2, 0.25) is 0 Å². The maximum Gasteiger partial charge on any atom is 0.130 e. The van der Waals surface area contributed by atoms with Crippen LogP contribution in [0.25, 0.3) is 11.1 Å². The molecule has 2 aromatic carbocycles. The van der Waals surface area contributed by atoms with Gasteiger partial charge in [-0.1, -0.05) is 6.07 Å². The minimum absolute atomic E-state index is 0.647. The fraction of sp³-hybridized carbons (Fsp3) is 0.143. The third kappa shape index (κ3) is 2.38. The van der Waals surface area contributed by atoms with Crippen LogP contribution in [-0.2, 0) is 0 Å². The van der Waals surface area contributed by atoms with Crippen LogP contribution in [0.15, 0.2) is 41.3 Å². The Balaban J connectivity index is 2.52. The monoisotopic (exact) mass is 261 g/mol. The molecule has 0 bridgehead atoms. The van der Waals surface area contributed by atoms with Gasteiger partial charge in [0.05, 0.1) is 14.2 Å². The van der Waals surface area contributed by atoms with Gasteiger partial charge >= 0.3 is 0 Å². The highest BCUT2D eigenvalue weighted by Crippen LogP contribution is 2.35. The Hall–Kier alpha value is -1.81. The Bertz CT molecular complexity index is 570. The van der Waals surface area contributed by atoms with E-state index in [0.717, 1.165) is 27.5 Å². The topological polar surface area (TPSA) is 44.5 Å². The number of anilines is 1. The van der Waals surface area contributed by atoms with Crippen LogP contribution >= 0.6 is 12.6 Å². The Labute approximate surface area is 112 Å². The molecule has 0 unspecified atom stereocenters. The third-order valence-corrected chi connectivity index (χ3v) is 3.15. The molecule has 94 valence electrons. The van der Waals surface area contributed by atoms with E-state index in [1.54, 1.807) is 14.2 Å². The molecule has 0 aliphatic rings. The zero-order valence-electron chi connectivity index (χ0n) is 10.3. The summed E-state index contributed by atoms with van der Waals surface area (Å²) in [5, 5.41) is 0. The quantitative estimate of drug-likeness (QED) is 0.658. The average molecular weight is 261 g/mol. The van der Waals surface area contributed by atoms with Gasteiger partial charge in [0.15, 0.2) is 0 Å². The van der Waals surface area contributed by atoms with Crippen molar-refractivity contribution in [3.8, 4) is 22.6 Å². The van der Waals surface area contributed by atoms with Crippen molar-refractivity contribution in [2.45, 2.75) is 4.90 Å². The van der Waals surface area contributed by atoms with Crippen LogP contribution in [0.3, 0.4) is 0 Å². The predicted octanol–water partition coefficient (Wildman–Crippen LogP) is 3.24. The van der Waals surface area contributed by atoms with Gasteiger partial charge in [0, 0.05) is 22.2 Å². The highest BCUT2D eigenvalue weighted by Gasteiger charge is 2.08. The average Bonchev–Trinajstić information content (AvgIpc) is 2.41. The van der Waals surface area contributed by atoms with Gasteiger partial charge in [-0.05, 0) is 29.8 Å². The van der Waals surface area contributed by atoms with Crippen LogP contribution in [0.5, 0.6) is 11.5 Å². The van der Waals surface area contributed by atoms with Crippen LogP contribution in [0.2, 0.25) is 0 Å². The summed E-state index contributed by atoms with van der Waals surface area (Å²) >= 11 is 4.26. The third-order valence-electron chi connectivity index (χ3n) is 2.75. The van der Waals surface area contributed by atoms with Crippen molar-refractivity contribution in [2.75, 3.05) is 20.0 Å². The second kappa shape index (κ2) is 5.23. The highest BCUT2D eigenvalue weighted by atomic mass is 32.1. The molecule has 0 spiro atoms. The van der Waals surface area contributed by atoms with E-state index >= 15 is 0 Å². The van der Waals surface area contributed by atoms with E-state index in [0.29, 0.717) is 5.69 Å². The second-order valence-electron chi connectivity index (χ2n) is 3.84. The first-order valence-corrected chi connectivity index (χ1v) is 5.91. The number of nitrogen functional groups attached to an aromatic ring is 1. The first-order valence-electron chi connectivity index (χ1n) is 5.46. The van der Waals surface area contributed by atoms with E-state index in [-0.39, 0.29) is 0 Å². The summed E-state index contributed by atoms with van der Waals surface area (Å²) in [5.41, 5.74) is 8.47. The molecule has 0 saturated heterocycles. The molecule has 0 fully saturated rings. The molecule has 0 amide bonds. The lowest BCUT2D eigenvalue weighted by Gasteiger charge is -2.11. The maximum absolute atomic E-state index is 5.86. The molecule has 2 N–H and O–H groups in total. The molecular formula is C14H15NO2S. The van der Waals surface area contributed by atoms with Crippen LogP contribution in [0.1, 0.15) is 0 Å². The lowest BCUT2D eigenvalue weighted by Crippen LogP contribution is -1.92. The van der Waals surface area contributed by atoms with Crippen molar-refractivity contribution in [3.05, 3.63) is 36.4 Å². The first-order chi connectivity index (χ1) is 8.65. The van der Waals surface area contributed by atoms with Gasteiger partial charge in [0.25, 0.3) is 0 Å². The van der Waals surface area contributed by atoms with Crippen LogP contribution < -0.4 is 15.2 Å². The molecule has 4 heteroatoms. The molecule has 18 heavy (non-hydrogen) atoms. The van der Waals surface area contributed by atoms with Crippen molar-refractivity contribution in [1.82, 2.24) is 0 Å². The molecule has 0 saturated carbocycles. The Morgan fingerprint density at radius 3 is 2.39 bits per heavy atom. The second-order valence-corrected chi connectivity index (χ2v) is 4.32. The van der Waals surface area contributed by atoms with Gasteiger partial charge < -0.3 is 15.2 Å². The number of thiol groups is 1. The number of hydrogen-bond donors (Lipinski definition) is 2. The van der Waals surface area contributed by atoms with Crippen LogP contribution in [0.4, 0.5) is 5.69 Å². The zero-order valence-corrected chi connectivity index (χ0v) is 11.2. The molecule has 2 aromatic rings. The molecule has 0 heterocycles. The van der Waals surface area contributed by atoms with E-state index in [2.05, 4.69) is 12.6 Å². The largest absolute Gasteiger partial charge is 0.497 e. The van der Waals surface area contributed by atoms with E-state index in [4.69, 9.17) is 15.2 Å². The summed E-state index contributed by atoms with van der Waals surface area (Å²) in [6, 6.07) is 11.4. The van der Waals surface area contributed by atoms with E-state index in [1.165, 1.54) is 0 Å². The number of nitrogens with two attached hydrogens (primary N) is 1. The van der Waals surface area contributed by atoms with E-state index < -0.39 is 0 Å². The number of benzene rings is 2. The summed E-state index contributed by atoms with van der Waals surface area (Å²) in [4.78, 5) is 0.770. The number of methoxy groups -OCH3 is 2. The standard InChI is InChI=1S/C14H15NO2S/c1-16-10-4-5-11(13(8-10)17-2)9-3-6-14(18)12(15)7-9/h3-8,18H,15H2,1-2H3. The number of hydrogen-bond acceptors (Lipinski definition) is 4. The fourth-order valence-corrected chi connectivity index (χ4v) is 1.90. The van der Waals surface area contributed by atoms with Crippen molar-refractivity contribution < 1.29 is 9.47 Å². The number of ether oxygens (including phenoxy) is 2. The molecule has 0 radical (unpaired) electrons. The molecule has 0 aliphatic carbocycles. The number of rotatable bonds is 3. The molecule has 2 rings (SSSR count). The summed E-state index contributed by atoms with van der Waals surface area (Å²) in [6.07, 6.45) is 0. The van der Waals surface area contributed by atoms with Gasteiger partial charge in [0.1, 0.15) is 11.5 Å². The van der Waals surface area contributed by atoms with E-state index in [9.17, 15) is 0 Å². The van der Waals surface area contributed by atoms with Gasteiger partial charge in [-0.25, -0.2) is 0 Å². The van der Waals surface area contributed by atoms with Crippen molar-refractivity contribution in [3.63, 3.8) is 0 Å². The summed E-state index contributed by atoms with van der Waals surface area (Å²) in [7, 11) is 3.26. The Morgan fingerprint density at radius 1 is 1.00 bits per heavy atom. The van der Waals surface area contributed by atoms with E-state index in [1.807, 2.05) is 36.4 Å². The lowest BCUT2D eigenvalue weighted by atomic mass is 10.0. The maximum atomic E-state index is 5.86. The summed E-state index contributed by atoms with van der Waals surface area (Å²) in [5.74, 6) is 1.51. The Kier molecular flexibility index (Phi) is 3.67. The van der Waals surface area contributed by atoms with Gasteiger partial charge in [-0.15, -0.1) is 12.6 Å². The fourth-order valence-electron chi connectivity index (χ4n) is 1.76. The molecule has 0 aliphatic heterocycles. The van der Waals surface area contributed by atoms with Crippen molar-refractivity contribution in [2.24, 2.45) is 0 Å². The van der Waals surface area contributed by atoms with Crippen LogP contribution in [0, 0.1) is 0 Å². The van der Waals surface area contributed by atoms with Gasteiger partial charge in [-0.2, -0.15) is 0 Å². The normalized spacial score (nSPS) is 10.2. The SMILES string of the molecule is COc1ccc(-c2ccc(S)c(N)c2)c(OC)c1. The highest BCUT2D eigenvalue weighted by molar-refractivity contribution is 7.80. The summed E-state index contributed by atoms with van der Waals surface area (Å²) in [6.45, 7) is 0. The first kappa shape index (κ1) is 12.6. The van der Waals surface area contributed by atoms with Crippen LogP contribution in [-0.4, -0.2) is 14.2 Å². The lowest BCUT2D eigenvalue weighted by molar-refractivity contribution is 0.395. The minimum Gasteiger partial charge on any atom is -0.497 e. The van der Waals surface area contributed by atoms with Crippen molar-refractivity contribution >= 4 is 18.3 Å². The Morgan fingerprint density at radius 2 is 1.78 bits per heavy atom. The molecule has 0 atom stereocenters. The molecular weight excluding hydrogens is 246 g/mol. The summed E-state index contributed by atoms with van der Waals surface area (Å²) < 4.78 is 10.5. The van der Waals surface area contributed by atoms with Crippen molar-refractivity contribution in [1.29, 1.82) is 0 Å². The minimum atomic E-state index is 0.647. The molecule has 0 aromatic heterocycles. The zero-order chi connectivity index (χ0) is 13.1.